The van der Waals surface area contributed by atoms with Crippen LogP contribution in [0.4, 0.5) is 27.6 Å². The third-order valence-corrected chi connectivity index (χ3v) is 8.57. The molecule has 1 fully saturated rings. The van der Waals surface area contributed by atoms with Crippen molar-refractivity contribution in [2.75, 3.05) is 18.6 Å². The van der Waals surface area contributed by atoms with Crippen LogP contribution in [0.1, 0.15) is 45.4 Å². The lowest BCUT2D eigenvalue weighted by molar-refractivity contribution is -0.0385. The Balaban J connectivity index is 2.07. The number of alkyl halides is 5. The molecule has 2 atom stereocenters. The first kappa shape index (κ1) is 24.5. The summed E-state index contributed by atoms with van der Waals surface area (Å²) in [4.78, 5) is 1.30. The monoisotopic (exact) mass is 533 g/mol. The van der Waals surface area contributed by atoms with E-state index < -0.39 is 45.6 Å². The van der Waals surface area contributed by atoms with Crippen LogP contribution in [0, 0.1) is 5.92 Å². The highest BCUT2D eigenvalue weighted by Crippen LogP contribution is 2.46. The number of nitrogens with zero attached hydrogens (tertiary/aromatic N) is 1. The van der Waals surface area contributed by atoms with Crippen LogP contribution in [0.25, 0.3) is 0 Å². The smallest absolute Gasteiger partial charge is 0.248 e. The van der Waals surface area contributed by atoms with Crippen molar-refractivity contribution in [3.63, 3.8) is 0 Å². The largest absolute Gasteiger partial charge is 0.496 e. The average molecular weight is 534 g/mol. The Kier molecular flexibility index (Phi) is 6.87. The van der Waals surface area contributed by atoms with Crippen LogP contribution in [-0.2, 0) is 9.84 Å². The Morgan fingerprint density at radius 1 is 1.26 bits per heavy atom. The Morgan fingerprint density at radius 2 is 1.87 bits per heavy atom. The van der Waals surface area contributed by atoms with Gasteiger partial charge in [0.1, 0.15) is 5.75 Å². The summed E-state index contributed by atoms with van der Waals surface area (Å²) in [6.07, 6.45) is -1.59. The molecule has 1 aliphatic heterocycles. The summed E-state index contributed by atoms with van der Waals surface area (Å²) in [5.74, 6) is -6.94. The molecule has 0 bridgehead atoms. The first-order chi connectivity index (χ1) is 14.2. The fourth-order valence-corrected chi connectivity index (χ4v) is 6.49. The van der Waals surface area contributed by atoms with Gasteiger partial charge in [-0.15, -0.1) is 0 Å². The second-order valence-electron chi connectivity index (χ2n) is 8.46. The maximum atomic E-state index is 15.3. The summed E-state index contributed by atoms with van der Waals surface area (Å²) >= 11 is 3.30. The van der Waals surface area contributed by atoms with E-state index in [0.717, 1.165) is 0 Å². The first-order valence-corrected chi connectivity index (χ1v) is 12.4. The lowest BCUT2D eigenvalue weighted by atomic mass is 9.89. The molecule has 0 saturated heterocycles. The molecular weight excluding hydrogens is 509 g/mol. The van der Waals surface area contributed by atoms with Crippen molar-refractivity contribution >= 4 is 31.5 Å². The Morgan fingerprint density at radius 3 is 2.42 bits per heavy atom. The summed E-state index contributed by atoms with van der Waals surface area (Å²) < 4.78 is 101. The van der Waals surface area contributed by atoms with Gasteiger partial charge >= 0.3 is 0 Å². The molecule has 1 aromatic carbocycles. The van der Waals surface area contributed by atoms with Crippen molar-refractivity contribution in [3.8, 4) is 5.75 Å². The van der Waals surface area contributed by atoms with E-state index in [1.165, 1.54) is 19.2 Å². The van der Waals surface area contributed by atoms with Gasteiger partial charge in [-0.2, -0.15) is 0 Å². The molecule has 1 aliphatic carbocycles. The van der Waals surface area contributed by atoms with Gasteiger partial charge in [-0.05, 0) is 48.2 Å². The van der Waals surface area contributed by atoms with Gasteiger partial charge < -0.3 is 9.64 Å². The number of fused-ring (bicyclic) bond motifs is 1. The van der Waals surface area contributed by atoms with E-state index in [1.807, 2.05) is 0 Å². The SMILES string of the molecule is COc1cc2c(cc1Br)N(C1CCC(F)(F)CC1)CC(CCC(C)(F)F)C(F)S2(=O)=O. The molecule has 0 aromatic heterocycles. The van der Waals surface area contributed by atoms with Crippen molar-refractivity contribution in [1.82, 2.24) is 0 Å². The van der Waals surface area contributed by atoms with E-state index in [-0.39, 0.29) is 55.0 Å². The molecule has 0 radical (unpaired) electrons. The van der Waals surface area contributed by atoms with Crippen LogP contribution in [-0.4, -0.2) is 45.5 Å². The van der Waals surface area contributed by atoms with Crippen molar-refractivity contribution in [2.24, 2.45) is 5.92 Å². The van der Waals surface area contributed by atoms with E-state index in [4.69, 9.17) is 4.74 Å². The minimum absolute atomic E-state index is 0.0870. The predicted molar refractivity (Wildman–Crippen MR) is 111 cm³/mol. The van der Waals surface area contributed by atoms with Crippen LogP contribution in [0.3, 0.4) is 0 Å². The van der Waals surface area contributed by atoms with E-state index in [0.29, 0.717) is 11.4 Å². The Labute approximate surface area is 187 Å². The molecule has 0 N–H and O–H groups in total. The number of halogens is 6. The third kappa shape index (κ3) is 5.29. The molecule has 176 valence electrons. The zero-order valence-electron chi connectivity index (χ0n) is 17.2. The number of sulfone groups is 1. The van der Waals surface area contributed by atoms with Crippen molar-refractivity contribution in [2.45, 2.75) is 73.7 Å². The van der Waals surface area contributed by atoms with Gasteiger partial charge in [0.15, 0.2) is 0 Å². The lowest BCUT2D eigenvalue weighted by Gasteiger charge is -2.39. The highest BCUT2D eigenvalue weighted by Gasteiger charge is 2.45. The molecule has 3 rings (SSSR count). The molecule has 31 heavy (non-hydrogen) atoms. The number of hydrogen-bond donors (Lipinski definition) is 0. The third-order valence-electron chi connectivity index (χ3n) is 6.03. The zero-order valence-corrected chi connectivity index (χ0v) is 19.6. The lowest BCUT2D eigenvalue weighted by Crippen LogP contribution is -2.44. The summed E-state index contributed by atoms with van der Waals surface area (Å²) in [6.45, 7) is 0.543. The van der Waals surface area contributed by atoms with E-state index in [1.54, 1.807) is 4.90 Å². The quantitative estimate of drug-likeness (QED) is 0.437. The Bertz CT molecular complexity index is 912. The summed E-state index contributed by atoms with van der Waals surface area (Å²) in [6, 6.07) is 2.22. The van der Waals surface area contributed by atoms with Crippen LogP contribution in [0.15, 0.2) is 21.5 Å². The molecule has 1 aromatic rings. The van der Waals surface area contributed by atoms with Gasteiger partial charge in [-0.3, -0.25) is 0 Å². The average Bonchev–Trinajstić information content (AvgIpc) is 2.73. The number of anilines is 1. The van der Waals surface area contributed by atoms with Crippen molar-refractivity contribution in [1.29, 1.82) is 0 Å². The predicted octanol–water partition coefficient (Wildman–Crippen LogP) is 5.98. The number of rotatable bonds is 5. The molecule has 4 nitrogen and oxygen atoms in total. The highest BCUT2D eigenvalue weighted by molar-refractivity contribution is 9.10. The van der Waals surface area contributed by atoms with Crippen molar-refractivity contribution in [3.05, 3.63) is 16.6 Å². The van der Waals surface area contributed by atoms with Gasteiger partial charge in [0.25, 0.3) is 0 Å². The second kappa shape index (κ2) is 8.68. The maximum Gasteiger partial charge on any atom is 0.248 e. The summed E-state index contributed by atoms with van der Waals surface area (Å²) in [7, 11) is -3.19. The summed E-state index contributed by atoms with van der Waals surface area (Å²) in [5, 5.41) is 0. The van der Waals surface area contributed by atoms with E-state index in [2.05, 4.69) is 15.9 Å². The number of hydrogen-bond acceptors (Lipinski definition) is 4. The molecule has 1 saturated carbocycles. The van der Waals surface area contributed by atoms with Crippen molar-refractivity contribution < 1.29 is 35.1 Å². The summed E-state index contributed by atoms with van der Waals surface area (Å²) in [5.41, 5.74) is -2.22. The minimum atomic E-state index is -4.52. The maximum absolute atomic E-state index is 15.3. The zero-order chi connectivity index (χ0) is 23.2. The fraction of sp³-hybridized carbons (Fsp3) is 0.700. The number of ether oxygens (including phenoxy) is 1. The molecular formula is C20H25BrF5NO3S. The molecule has 2 aliphatic rings. The normalized spacial score (nSPS) is 26.3. The Hall–Kier alpha value is -1.10. The molecule has 0 amide bonds. The van der Waals surface area contributed by atoms with Gasteiger partial charge in [0.2, 0.25) is 27.2 Å². The van der Waals surface area contributed by atoms with Gasteiger partial charge in [0, 0.05) is 43.8 Å². The molecule has 2 unspecified atom stereocenters. The van der Waals surface area contributed by atoms with Crippen LogP contribution in [0.5, 0.6) is 5.75 Å². The van der Waals surface area contributed by atoms with Gasteiger partial charge in [-0.1, -0.05) is 0 Å². The first-order valence-electron chi connectivity index (χ1n) is 10.0. The standard InChI is InChI=1S/C20H25BrF5NO3S/c1-19(23,24)6-3-12-11-27(13-4-7-20(25,26)8-5-13)15-9-14(21)16(30-2)10-17(15)31(28,29)18(12)22/h9-10,12-13,18H,3-8,11H2,1-2H3. The second-order valence-corrected chi connectivity index (χ2v) is 11.3. The topological polar surface area (TPSA) is 46.6 Å². The molecule has 11 heteroatoms. The van der Waals surface area contributed by atoms with Crippen LogP contribution in [0.2, 0.25) is 0 Å². The van der Waals surface area contributed by atoms with Crippen LogP contribution >= 0.6 is 15.9 Å². The van der Waals surface area contributed by atoms with Gasteiger partial charge in [-0.25, -0.2) is 30.4 Å². The fourth-order valence-electron chi connectivity index (χ4n) is 4.29. The number of methoxy groups -OCH3 is 1. The van der Waals surface area contributed by atoms with Crippen LogP contribution < -0.4 is 9.64 Å². The van der Waals surface area contributed by atoms with E-state index in [9.17, 15) is 26.0 Å². The van der Waals surface area contributed by atoms with Gasteiger partial charge in [0.05, 0.1) is 22.2 Å². The highest BCUT2D eigenvalue weighted by atomic mass is 79.9. The molecule has 0 spiro atoms. The van der Waals surface area contributed by atoms with E-state index >= 15 is 4.39 Å². The molecule has 1 heterocycles. The minimum Gasteiger partial charge on any atom is -0.496 e. The number of benzene rings is 1.